The van der Waals surface area contributed by atoms with Gasteiger partial charge in [-0.2, -0.15) is 42.1 Å². The highest BCUT2D eigenvalue weighted by atomic mass is 19.4. The molecule has 5 aromatic carbocycles. The Morgan fingerprint density at radius 2 is 1.00 bits per heavy atom. The molecule has 3 saturated carbocycles. The summed E-state index contributed by atoms with van der Waals surface area (Å²) in [5.41, 5.74) is 5.59. The van der Waals surface area contributed by atoms with E-state index < -0.39 is 59.1 Å². The first-order valence-corrected chi connectivity index (χ1v) is 21.7. The molecule has 68 heavy (non-hydrogen) atoms. The van der Waals surface area contributed by atoms with Gasteiger partial charge in [0.05, 0.1) is 54.0 Å². The lowest BCUT2D eigenvalue weighted by Crippen LogP contribution is -2.35. The van der Waals surface area contributed by atoms with Crippen LogP contribution in [0.4, 0.5) is 26.3 Å². The monoisotopic (exact) mass is 914 g/mol. The summed E-state index contributed by atoms with van der Waals surface area (Å²) >= 11 is 0. The van der Waals surface area contributed by atoms with Gasteiger partial charge in [0, 0.05) is 40.0 Å². The minimum Gasteiger partial charge on any atom is -0.312 e. The number of halogens is 6. The maximum absolute atomic E-state index is 13.5. The quantitative estimate of drug-likeness (QED) is 0.101. The second-order valence-electron chi connectivity index (χ2n) is 17.4. The fourth-order valence-electron chi connectivity index (χ4n) is 9.77. The van der Waals surface area contributed by atoms with Crippen molar-refractivity contribution in [2.75, 3.05) is 0 Å². The lowest BCUT2D eigenvalue weighted by atomic mass is 9.68. The summed E-state index contributed by atoms with van der Waals surface area (Å²) in [7, 11) is 0. The third-order valence-electron chi connectivity index (χ3n) is 13.2. The van der Waals surface area contributed by atoms with E-state index >= 15 is 0 Å². The van der Waals surface area contributed by atoms with Crippen LogP contribution in [0.3, 0.4) is 0 Å². The summed E-state index contributed by atoms with van der Waals surface area (Å²) in [6.07, 6.45) is -7.95. The minimum atomic E-state index is -4.48. The lowest BCUT2D eigenvalue weighted by Gasteiger charge is -2.33. The molecule has 0 saturated heterocycles. The largest absolute Gasteiger partial charge is 0.416 e. The highest BCUT2D eigenvalue weighted by Gasteiger charge is 2.63. The Bertz CT molecular complexity index is 3030. The molecule has 8 atom stereocenters. The first-order chi connectivity index (χ1) is 32.4. The highest BCUT2D eigenvalue weighted by Crippen LogP contribution is 2.58. The number of nitriles is 3. The van der Waals surface area contributed by atoms with Crippen LogP contribution >= 0.6 is 0 Å². The molecule has 6 nitrogen and oxygen atoms in total. The first-order valence-electron chi connectivity index (χ1n) is 21.7. The van der Waals surface area contributed by atoms with Gasteiger partial charge in [-0.1, -0.05) is 89.4 Å². The Balaban J connectivity index is 0.000000202. The zero-order valence-corrected chi connectivity index (χ0v) is 36.7. The number of carbonyl (C=O) groups excluding carboxylic acids is 2. The van der Waals surface area contributed by atoms with Crippen LogP contribution in [0.5, 0.6) is 0 Å². The second-order valence-corrected chi connectivity index (χ2v) is 17.4. The van der Waals surface area contributed by atoms with Gasteiger partial charge in [-0.3, -0.25) is 9.59 Å². The van der Waals surface area contributed by atoms with Crippen LogP contribution in [-0.4, -0.2) is 17.6 Å². The van der Waals surface area contributed by atoms with Crippen LogP contribution in [-0.2, 0) is 34.8 Å². The molecule has 12 heteroatoms. The third-order valence-corrected chi connectivity index (χ3v) is 13.2. The molecule has 0 aromatic heterocycles. The number of nitrogens with zero attached hydrogens (tertiary/aromatic N) is 4. The fraction of sp³-hybridized carbons (Fsp3) is 0.286. The number of benzene rings is 5. The van der Waals surface area contributed by atoms with Crippen LogP contribution < -0.4 is 0 Å². The van der Waals surface area contributed by atoms with Crippen LogP contribution in [0.1, 0.15) is 91.4 Å². The topological polar surface area (TPSA) is 110 Å². The SMILES string of the molecule is Cc1ccc(C#Cc2cc(C#Cc3ccc(C(F)(F)F)cc3)c(CC#N)cc2CC#N)cc1.[C-]#[N+]C1C(c2ccc(C)cc2)C(=O)C2CC3C(=O)C(c4ccc(C(F)(F)F)cc4)C(C#N)C3CC21. The molecule has 338 valence electrons. The molecular weight excluding hydrogens is 875 g/mol. The number of ketones is 2. The number of hydrogen-bond donors (Lipinski definition) is 0. The molecule has 0 radical (unpaired) electrons. The van der Waals surface area contributed by atoms with E-state index in [-0.39, 0.29) is 36.2 Å². The smallest absolute Gasteiger partial charge is 0.312 e. The van der Waals surface area contributed by atoms with Gasteiger partial charge < -0.3 is 4.85 Å². The van der Waals surface area contributed by atoms with Gasteiger partial charge in [0.1, 0.15) is 11.7 Å². The number of fused-ring (bicyclic) bond motifs is 2. The van der Waals surface area contributed by atoms with E-state index in [0.717, 1.165) is 46.5 Å². The van der Waals surface area contributed by atoms with Gasteiger partial charge in [0.15, 0.2) is 5.78 Å². The average Bonchev–Trinajstić information content (AvgIpc) is 3.76. The van der Waals surface area contributed by atoms with Crippen LogP contribution in [0.2, 0.25) is 0 Å². The van der Waals surface area contributed by atoms with Crippen molar-refractivity contribution in [2.45, 2.75) is 69.8 Å². The van der Waals surface area contributed by atoms with Crippen molar-refractivity contribution in [3.8, 4) is 41.9 Å². The number of rotatable bonds is 4. The molecule has 0 amide bonds. The van der Waals surface area contributed by atoms with E-state index in [0.29, 0.717) is 46.2 Å². The molecule has 8 unspecified atom stereocenters. The minimum absolute atomic E-state index is 0.0161. The Kier molecular flexibility index (Phi) is 14.1. The van der Waals surface area contributed by atoms with E-state index in [9.17, 15) is 51.7 Å². The molecule has 8 rings (SSSR count). The van der Waals surface area contributed by atoms with Crippen molar-refractivity contribution >= 4 is 11.6 Å². The summed E-state index contributed by atoms with van der Waals surface area (Å²) in [6.45, 7) is 11.8. The van der Waals surface area contributed by atoms with Gasteiger partial charge >= 0.3 is 12.4 Å². The number of Topliss-reactive ketones (excluding diaryl/α,β-unsaturated/α-hetero) is 2. The van der Waals surface area contributed by atoms with Crippen molar-refractivity contribution < 1.29 is 35.9 Å². The van der Waals surface area contributed by atoms with Gasteiger partial charge in [-0.15, -0.1) is 0 Å². The number of carbonyl (C=O) groups is 2. The van der Waals surface area contributed by atoms with Crippen molar-refractivity contribution in [1.82, 2.24) is 0 Å². The summed E-state index contributed by atoms with van der Waals surface area (Å²) in [4.78, 5) is 30.8. The molecule has 0 heterocycles. The Morgan fingerprint density at radius 3 is 1.47 bits per heavy atom. The highest BCUT2D eigenvalue weighted by molar-refractivity contribution is 5.95. The van der Waals surface area contributed by atoms with E-state index in [1.807, 2.05) is 62.4 Å². The van der Waals surface area contributed by atoms with Crippen molar-refractivity contribution in [2.24, 2.45) is 29.6 Å². The van der Waals surface area contributed by atoms with Gasteiger partial charge in [-0.05, 0) is 109 Å². The number of alkyl halides is 6. The van der Waals surface area contributed by atoms with Crippen LogP contribution in [0.25, 0.3) is 4.85 Å². The normalized spacial score (nSPS) is 22.5. The Labute approximate surface area is 390 Å². The standard InChI is InChI=1S/C28H23F3N2O2.C28H17F3N2/c1-14-3-5-16(6-4-14)24-25(33-2)19-11-18-20(12-21(19)27(24)35)26(34)23(22(18)13-32)15-7-9-17(10-8-15)28(29,30)31;1-20-2-4-21(5-3-20)6-10-23-18-24(26(15-17-33)19-25(23)14-16-32)11-7-22-8-12-27(13-9-22)28(29,30)31/h3-10,18-25H,11-12H2,1H3;2-5,8-9,12-13,18-19H,14-15H2,1H3. The van der Waals surface area contributed by atoms with Crippen LogP contribution in [0.15, 0.2) is 109 Å². The van der Waals surface area contributed by atoms with E-state index in [4.69, 9.17) is 6.57 Å². The lowest BCUT2D eigenvalue weighted by molar-refractivity contribution is -0.138. The molecule has 0 spiro atoms. The fourth-order valence-corrected chi connectivity index (χ4v) is 9.77. The van der Waals surface area contributed by atoms with Crippen molar-refractivity contribution in [3.63, 3.8) is 0 Å². The molecule has 0 bridgehead atoms. The Morgan fingerprint density at radius 1 is 0.574 bits per heavy atom. The molecular formula is C56H40F6N4O2. The summed E-state index contributed by atoms with van der Waals surface area (Å²) in [6, 6.07) is 33.8. The van der Waals surface area contributed by atoms with E-state index in [2.05, 4.69) is 46.7 Å². The summed E-state index contributed by atoms with van der Waals surface area (Å²) < 4.78 is 77.3. The zero-order chi connectivity index (χ0) is 48.9. The predicted octanol–water partition coefficient (Wildman–Crippen LogP) is 11.7. The molecule has 5 aromatic rings. The van der Waals surface area contributed by atoms with Crippen molar-refractivity contribution in [3.05, 3.63) is 187 Å². The average molecular weight is 915 g/mol. The molecule has 0 N–H and O–H groups in total. The number of aryl methyl sites for hydroxylation is 2. The molecule has 3 fully saturated rings. The predicted molar refractivity (Wildman–Crippen MR) is 240 cm³/mol. The summed E-state index contributed by atoms with van der Waals surface area (Å²) in [5.74, 6) is 8.28. The molecule has 3 aliphatic rings. The van der Waals surface area contributed by atoms with E-state index in [1.165, 1.54) is 24.3 Å². The summed E-state index contributed by atoms with van der Waals surface area (Å²) in [5, 5.41) is 28.4. The molecule has 0 aliphatic heterocycles. The molecule has 3 aliphatic carbocycles. The third kappa shape index (κ3) is 10.2. The zero-order valence-electron chi connectivity index (χ0n) is 36.7. The Hall–Kier alpha value is -7.90. The maximum atomic E-state index is 13.5. The van der Waals surface area contributed by atoms with Gasteiger partial charge in [0.2, 0.25) is 6.04 Å². The van der Waals surface area contributed by atoms with Gasteiger partial charge in [-0.25, -0.2) is 6.57 Å². The van der Waals surface area contributed by atoms with Crippen molar-refractivity contribution in [1.29, 1.82) is 15.8 Å². The first kappa shape index (κ1) is 48.0. The van der Waals surface area contributed by atoms with Crippen LogP contribution in [0, 0.1) is 108 Å². The van der Waals surface area contributed by atoms with E-state index in [1.54, 1.807) is 12.1 Å². The second kappa shape index (κ2) is 19.9. The van der Waals surface area contributed by atoms with Gasteiger partial charge in [0.25, 0.3) is 0 Å². The number of hydrogen-bond acceptors (Lipinski definition) is 5. The maximum Gasteiger partial charge on any atom is 0.416 e.